The molecule has 0 bridgehead atoms. The molecule has 0 unspecified atom stereocenters. The molecule has 1 N–H and O–H groups in total. The van der Waals surface area contributed by atoms with Gasteiger partial charge in [0.1, 0.15) is 11.5 Å². The van der Waals surface area contributed by atoms with Gasteiger partial charge in [-0.05, 0) is 42.7 Å². The number of aryl methyl sites for hydroxylation is 1. The Morgan fingerprint density at radius 2 is 1.68 bits per heavy atom. The van der Waals surface area contributed by atoms with Gasteiger partial charge in [-0.2, -0.15) is 0 Å². The van der Waals surface area contributed by atoms with Crippen LogP contribution in [0.2, 0.25) is 0 Å². The summed E-state index contributed by atoms with van der Waals surface area (Å²) in [5.41, 5.74) is 3.05. The largest absolute Gasteiger partial charge is 0.497 e. The van der Waals surface area contributed by atoms with Crippen LogP contribution in [0.5, 0.6) is 11.5 Å². The summed E-state index contributed by atoms with van der Waals surface area (Å²) in [6.45, 7) is 4.09. The maximum Gasteiger partial charge on any atom is 0.251 e. The molecule has 6 heteroatoms. The van der Waals surface area contributed by atoms with Gasteiger partial charge >= 0.3 is 0 Å². The van der Waals surface area contributed by atoms with Gasteiger partial charge < -0.3 is 24.4 Å². The summed E-state index contributed by atoms with van der Waals surface area (Å²) in [4.78, 5) is 14.7. The van der Waals surface area contributed by atoms with Crippen LogP contribution in [0.1, 0.15) is 22.3 Å². The Bertz CT molecular complexity index is 748. The van der Waals surface area contributed by atoms with Crippen LogP contribution in [0.3, 0.4) is 0 Å². The number of anilines is 1. The minimum atomic E-state index is -0.125. The van der Waals surface area contributed by atoms with Gasteiger partial charge in [0, 0.05) is 37.0 Å². The third-order valence-electron chi connectivity index (χ3n) is 4.85. The lowest BCUT2D eigenvalue weighted by Crippen LogP contribution is -2.36. The molecular weight excluding hydrogens is 356 g/mol. The number of nitrogens with one attached hydrogen (secondary N) is 1. The summed E-state index contributed by atoms with van der Waals surface area (Å²) < 4.78 is 15.8. The first kappa shape index (κ1) is 20.0. The van der Waals surface area contributed by atoms with Gasteiger partial charge in [-0.25, -0.2) is 0 Å². The third-order valence-corrected chi connectivity index (χ3v) is 4.85. The summed E-state index contributed by atoms with van der Waals surface area (Å²) in [5, 5.41) is 2.96. The fourth-order valence-electron chi connectivity index (χ4n) is 3.23. The molecule has 3 rings (SSSR count). The normalized spacial score (nSPS) is 13.9. The Labute approximate surface area is 166 Å². The number of morpholine rings is 1. The molecule has 1 aliphatic heterocycles. The molecule has 1 saturated heterocycles. The maximum atomic E-state index is 12.4. The predicted octanol–water partition coefficient (Wildman–Crippen LogP) is 2.90. The van der Waals surface area contributed by atoms with Crippen LogP contribution in [0.15, 0.2) is 42.5 Å². The van der Waals surface area contributed by atoms with E-state index < -0.39 is 0 Å². The molecule has 0 spiro atoms. The van der Waals surface area contributed by atoms with E-state index in [1.165, 1.54) is 11.3 Å². The van der Waals surface area contributed by atoms with E-state index in [0.717, 1.165) is 39.1 Å². The summed E-state index contributed by atoms with van der Waals surface area (Å²) in [7, 11) is 3.14. The van der Waals surface area contributed by atoms with Crippen LogP contribution in [0, 0.1) is 0 Å². The van der Waals surface area contributed by atoms with Gasteiger partial charge in [0.25, 0.3) is 5.91 Å². The Hall–Kier alpha value is -2.73. The molecule has 0 saturated carbocycles. The van der Waals surface area contributed by atoms with E-state index in [9.17, 15) is 4.79 Å². The van der Waals surface area contributed by atoms with Crippen molar-refractivity contribution in [1.82, 2.24) is 5.32 Å². The lowest BCUT2D eigenvalue weighted by atomic mass is 10.1. The smallest absolute Gasteiger partial charge is 0.251 e. The van der Waals surface area contributed by atoms with Crippen LogP contribution >= 0.6 is 0 Å². The van der Waals surface area contributed by atoms with Crippen molar-refractivity contribution < 1.29 is 19.0 Å². The first-order chi connectivity index (χ1) is 13.7. The molecule has 150 valence electrons. The Morgan fingerprint density at radius 1 is 1.04 bits per heavy atom. The second-order valence-corrected chi connectivity index (χ2v) is 6.73. The SMILES string of the molecule is COc1cc(OC)cc(C(=O)NCCCc2ccc(N3CCOCC3)cc2)c1. The molecule has 6 nitrogen and oxygen atoms in total. The first-order valence-electron chi connectivity index (χ1n) is 9.62. The molecule has 0 aliphatic carbocycles. The molecular formula is C22H28N2O4. The van der Waals surface area contributed by atoms with Gasteiger partial charge in [-0.15, -0.1) is 0 Å². The number of nitrogens with zero attached hydrogens (tertiary/aromatic N) is 1. The van der Waals surface area contributed by atoms with E-state index in [0.29, 0.717) is 23.6 Å². The molecule has 0 aromatic heterocycles. The van der Waals surface area contributed by atoms with Crippen molar-refractivity contribution in [2.75, 3.05) is 52.0 Å². The van der Waals surface area contributed by atoms with Gasteiger partial charge in [0.05, 0.1) is 27.4 Å². The van der Waals surface area contributed by atoms with Crippen molar-refractivity contribution in [3.05, 3.63) is 53.6 Å². The second-order valence-electron chi connectivity index (χ2n) is 6.73. The van der Waals surface area contributed by atoms with Gasteiger partial charge in [0.2, 0.25) is 0 Å². The van der Waals surface area contributed by atoms with Crippen LogP contribution in [-0.4, -0.2) is 53.0 Å². The molecule has 1 aliphatic rings. The standard InChI is InChI=1S/C22H28N2O4/c1-26-20-14-18(15-21(16-20)27-2)22(25)23-9-3-4-17-5-7-19(8-6-17)24-10-12-28-13-11-24/h5-8,14-16H,3-4,9-13H2,1-2H3,(H,23,25). The molecule has 2 aromatic rings. The molecule has 0 atom stereocenters. The minimum absolute atomic E-state index is 0.125. The number of methoxy groups -OCH3 is 2. The topological polar surface area (TPSA) is 60.0 Å². The second kappa shape index (κ2) is 9.99. The van der Waals surface area contributed by atoms with Crippen LogP contribution in [0.4, 0.5) is 5.69 Å². The lowest BCUT2D eigenvalue weighted by molar-refractivity contribution is 0.0952. The zero-order valence-electron chi connectivity index (χ0n) is 16.6. The zero-order chi connectivity index (χ0) is 19.8. The summed E-state index contributed by atoms with van der Waals surface area (Å²) in [5.74, 6) is 1.08. The number of carbonyl (C=O) groups is 1. The van der Waals surface area contributed by atoms with Crippen molar-refractivity contribution in [2.24, 2.45) is 0 Å². The summed E-state index contributed by atoms with van der Waals surface area (Å²) >= 11 is 0. The number of hydrogen-bond donors (Lipinski definition) is 1. The number of rotatable bonds is 8. The number of amides is 1. The van der Waals surface area contributed by atoms with Crippen molar-refractivity contribution in [2.45, 2.75) is 12.8 Å². The van der Waals surface area contributed by atoms with Crippen LogP contribution in [-0.2, 0) is 11.2 Å². The van der Waals surface area contributed by atoms with E-state index in [-0.39, 0.29) is 5.91 Å². The number of benzene rings is 2. The van der Waals surface area contributed by atoms with E-state index in [4.69, 9.17) is 14.2 Å². The molecule has 1 amide bonds. The molecule has 1 heterocycles. The van der Waals surface area contributed by atoms with E-state index in [1.807, 2.05) is 0 Å². The first-order valence-corrected chi connectivity index (χ1v) is 9.62. The van der Waals surface area contributed by atoms with Crippen molar-refractivity contribution in [1.29, 1.82) is 0 Å². The third kappa shape index (κ3) is 5.39. The number of ether oxygens (including phenoxy) is 3. The van der Waals surface area contributed by atoms with E-state index in [2.05, 4.69) is 34.5 Å². The number of carbonyl (C=O) groups excluding carboxylic acids is 1. The molecule has 1 fully saturated rings. The average Bonchev–Trinajstić information content (AvgIpc) is 2.77. The highest BCUT2D eigenvalue weighted by atomic mass is 16.5. The van der Waals surface area contributed by atoms with Gasteiger partial charge in [0.15, 0.2) is 0 Å². The van der Waals surface area contributed by atoms with Crippen LogP contribution in [0.25, 0.3) is 0 Å². The highest BCUT2D eigenvalue weighted by Crippen LogP contribution is 2.22. The summed E-state index contributed by atoms with van der Waals surface area (Å²) in [6.07, 6.45) is 1.80. The van der Waals surface area contributed by atoms with E-state index in [1.54, 1.807) is 32.4 Å². The van der Waals surface area contributed by atoms with Gasteiger partial charge in [-0.1, -0.05) is 12.1 Å². The maximum absolute atomic E-state index is 12.4. The fraction of sp³-hybridized carbons (Fsp3) is 0.409. The Kier molecular flexibility index (Phi) is 7.14. The quantitative estimate of drug-likeness (QED) is 0.709. The van der Waals surface area contributed by atoms with Crippen molar-refractivity contribution in [3.63, 3.8) is 0 Å². The Morgan fingerprint density at radius 3 is 2.29 bits per heavy atom. The predicted molar refractivity (Wildman–Crippen MR) is 110 cm³/mol. The number of hydrogen-bond acceptors (Lipinski definition) is 5. The molecule has 28 heavy (non-hydrogen) atoms. The Balaban J connectivity index is 1.45. The van der Waals surface area contributed by atoms with E-state index >= 15 is 0 Å². The highest BCUT2D eigenvalue weighted by Gasteiger charge is 2.11. The summed E-state index contributed by atoms with van der Waals surface area (Å²) in [6, 6.07) is 13.8. The average molecular weight is 384 g/mol. The van der Waals surface area contributed by atoms with Gasteiger partial charge in [-0.3, -0.25) is 4.79 Å². The molecule has 2 aromatic carbocycles. The van der Waals surface area contributed by atoms with Crippen LogP contribution < -0.4 is 19.7 Å². The highest BCUT2D eigenvalue weighted by molar-refractivity contribution is 5.95. The minimum Gasteiger partial charge on any atom is -0.497 e. The lowest BCUT2D eigenvalue weighted by Gasteiger charge is -2.28. The zero-order valence-corrected chi connectivity index (χ0v) is 16.6. The van der Waals surface area contributed by atoms with Crippen molar-refractivity contribution in [3.8, 4) is 11.5 Å². The monoisotopic (exact) mass is 384 g/mol. The molecule has 0 radical (unpaired) electrons. The fourth-order valence-corrected chi connectivity index (χ4v) is 3.23. The van der Waals surface area contributed by atoms with Crippen molar-refractivity contribution >= 4 is 11.6 Å².